The lowest BCUT2D eigenvalue weighted by atomic mass is 10.2. The molecular formula is C11H9ClN2O3S. The predicted octanol–water partition coefficient (Wildman–Crippen LogP) is 2.26. The predicted molar refractivity (Wildman–Crippen MR) is 70.3 cm³/mol. The van der Waals surface area contributed by atoms with Gasteiger partial charge in [0.05, 0.1) is 22.9 Å². The third-order valence-electron chi connectivity index (χ3n) is 2.18. The van der Waals surface area contributed by atoms with E-state index in [-0.39, 0.29) is 11.8 Å². The summed E-state index contributed by atoms with van der Waals surface area (Å²) in [4.78, 5) is 26.7. The number of fused-ring (bicyclic) bond motifs is 1. The Balaban J connectivity index is 2.33. The van der Waals surface area contributed by atoms with E-state index in [1.54, 1.807) is 18.2 Å². The number of esters is 1. The highest BCUT2D eigenvalue weighted by Gasteiger charge is 2.10. The average Bonchev–Trinajstić information content (AvgIpc) is 2.78. The van der Waals surface area contributed by atoms with Crippen LogP contribution in [-0.2, 0) is 9.53 Å². The van der Waals surface area contributed by atoms with Gasteiger partial charge in [0.15, 0.2) is 5.13 Å². The minimum atomic E-state index is -0.406. The Hall–Kier alpha value is -1.66. The number of thiazole rings is 1. The summed E-state index contributed by atoms with van der Waals surface area (Å²) in [6.45, 7) is 0. The summed E-state index contributed by atoms with van der Waals surface area (Å²) in [5, 5.41) is 3.02. The summed E-state index contributed by atoms with van der Waals surface area (Å²) < 4.78 is 5.43. The van der Waals surface area contributed by atoms with Gasteiger partial charge in [-0.3, -0.25) is 4.79 Å². The highest BCUT2D eigenvalue weighted by Crippen LogP contribution is 2.27. The molecule has 1 amide bonds. The maximum Gasteiger partial charge on any atom is 0.337 e. The monoisotopic (exact) mass is 284 g/mol. The van der Waals surface area contributed by atoms with Crippen LogP contribution in [0.5, 0.6) is 0 Å². The first-order valence-corrected chi connectivity index (χ1v) is 6.34. The molecule has 18 heavy (non-hydrogen) atoms. The van der Waals surface area contributed by atoms with Crippen LogP contribution >= 0.6 is 22.9 Å². The third-order valence-corrected chi connectivity index (χ3v) is 3.35. The molecular weight excluding hydrogens is 276 g/mol. The maximum absolute atomic E-state index is 11.4. The number of rotatable bonds is 3. The highest BCUT2D eigenvalue weighted by molar-refractivity contribution is 7.22. The normalized spacial score (nSPS) is 10.3. The van der Waals surface area contributed by atoms with E-state index in [2.05, 4.69) is 15.0 Å². The summed E-state index contributed by atoms with van der Waals surface area (Å²) in [6, 6.07) is 5.00. The minimum absolute atomic E-state index is 0.122. The van der Waals surface area contributed by atoms with E-state index >= 15 is 0 Å². The number of amides is 1. The first-order valence-electron chi connectivity index (χ1n) is 4.98. The maximum atomic E-state index is 11.4. The molecule has 0 aliphatic rings. The molecule has 0 bridgehead atoms. The lowest BCUT2D eigenvalue weighted by Crippen LogP contribution is -2.11. The fraction of sp³-hybridized carbons (Fsp3) is 0.182. The second kappa shape index (κ2) is 5.32. The van der Waals surface area contributed by atoms with Crippen molar-refractivity contribution in [2.24, 2.45) is 0 Å². The van der Waals surface area contributed by atoms with Crippen LogP contribution in [0.4, 0.5) is 5.13 Å². The van der Waals surface area contributed by atoms with Crippen molar-refractivity contribution in [3.8, 4) is 0 Å². The van der Waals surface area contributed by atoms with E-state index in [9.17, 15) is 9.59 Å². The number of hydrogen-bond donors (Lipinski definition) is 1. The molecule has 7 heteroatoms. The number of anilines is 1. The zero-order chi connectivity index (χ0) is 13.1. The molecule has 1 aromatic heterocycles. The van der Waals surface area contributed by atoms with Gasteiger partial charge >= 0.3 is 5.97 Å². The summed E-state index contributed by atoms with van der Waals surface area (Å²) in [5.41, 5.74) is 1.15. The second-order valence-corrected chi connectivity index (χ2v) is 4.67. The summed E-state index contributed by atoms with van der Waals surface area (Å²) in [7, 11) is 1.32. The van der Waals surface area contributed by atoms with Gasteiger partial charge in [-0.25, -0.2) is 9.78 Å². The lowest BCUT2D eigenvalue weighted by molar-refractivity contribution is -0.113. The van der Waals surface area contributed by atoms with Gasteiger partial charge in [0.1, 0.15) is 5.88 Å². The van der Waals surface area contributed by atoms with Crippen LogP contribution in [0.1, 0.15) is 10.4 Å². The van der Waals surface area contributed by atoms with Crippen molar-refractivity contribution in [1.82, 2.24) is 4.98 Å². The number of hydrogen-bond acceptors (Lipinski definition) is 5. The molecule has 0 unspecified atom stereocenters. The number of benzene rings is 1. The van der Waals surface area contributed by atoms with Crippen LogP contribution in [0.3, 0.4) is 0 Å². The molecule has 1 N–H and O–H groups in total. The van der Waals surface area contributed by atoms with Crippen LogP contribution in [0.15, 0.2) is 18.2 Å². The van der Waals surface area contributed by atoms with Crippen LogP contribution in [0.2, 0.25) is 0 Å². The zero-order valence-electron chi connectivity index (χ0n) is 9.40. The molecule has 5 nitrogen and oxygen atoms in total. The Kier molecular flexibility index (Phi) is 3.78. The van der Waals surface area contributed by atoms with Gasteiger partial charge in [-0.2, -0.15) is 0 Å². The van der Waals surface area contributed by atoms with Crippen molar-refractivity contribution in [3.63, 3.8) is 0 Å². The largest absolute Gasteiger partial charge is 0.465 e. The highest BCUT2D eigenvalue weighted by atomic mass is 35.5. The van der Waals surface area contributed by atoms with E-state index in [1.165, 1.54) is 18.4 Å². The summed E-state index contributed by atoms with van der Waals surface area (Å²) in [6.07, 6.45) is 0. The first kappa shape index (κ1) is 12.8. The fourth-order valence-electron chi connectivity index (χ4n) is 1.38. The SMILES string of the molecule is COC(=O)c1ccc2nc(NC(=O)CCl)sc2c1. The van der Waals surface area contributed by atoms with Crippen LogP contribution < -0.4 is 5.32 Å². The van der Waals surface area contributed by atoms with E-state index in [1.807, 2.05) is 0 Å². The van der Waals surface area contributed by atoms with Crippen molar-refractivity contribution < 1.29 is 14.3 Å². The molecule has 0 saturated carbocycles. The van der Waals surface area contributed by atoms with E-state index in [4.69, 9.17) is 11.6 Å². The van der Waals surface area contributed by atoms with E-state index in [0.717, 1.165) is 4.70 Å². The molecule has 0 aliphatic heterocycles. The van der Waals surface area contributed by atoms with Gasteiger partial charge in [0.25, 0.3) is 0 Å². The molecule has 94 valence electrons. The molecule has 0 aliphatic carbocycles. The number of carbonyl (C=O) groups is 2. The van der Waals surface area contributed by atoms with Gasteiger partial charge in [-0.1, -0.05) is 11.3 Å². The van der Waals surface area contributed by atoms with Crippen molar-refractivity contribution in [2.75, 3.05) is 18.3 Å². The number of methoxy groups -OCH3 is 1. The number of ether oxygens (including phenoxy) is 1. The van der Waals surface area contributed by atoms with Crippen LogP contribution in [0, 0.1) is 0 Å². The molecule has 0 saturated heterocycles. The van der Waals surface area contributed by atoms with E-state index < -0.39 is 5.97 Å². The molecule has 2 aromatic rings. The van der Waals surface area contributed by atoms with Crippen molar-refractivity contribution in [3.05, 3.63) is 23.8 Å². The van der Waals surface area contributed by atoms with Crippen molar-refractivity contribution >= 4 is 50.2 Å². The second-order valence-electron chi connectivity index (χ2n) is 3.37. The van der Waals surface area contributed by atoms with Crippen molar-refractivity contribution in [1.29, 1.82) is 0 Å². The van der Waals surface area contributed by atoms with Gasteiger partial charge in [0.2, 0.25) is 5.91 Å². The molecule has 0 fully saturated rings. The van der Waals surface area contributed by atoms with E-state index in [0.29, 0.717) is 16.2 Å². The molecule has 1 heterocycles. The summed E-state index contributed by atoms with van der Waals surface area (Å²) >= 11 is 6.66. The van der Waals surface area contributed by atoms with Crippen LogP contribution in [0.25, 0.3) is 10.2 Å². The Morgan fingerprint density at radius 3 is 2.94 bits per heavy atom. The summed E-state index contributed by atoms with van der Waals surface area (Å²) in [5.74, 6) is -0.843. The molecule has 0 spiro atoms. The van der Waals surface area contributed by atoms with Gasteiger partial charge in [0, 0.05) is 0 Å². The van der Waals surface area contributed by atoms with Crippen molar-refractivity contribution in [2.45, 2.75) is 0 Å². The Bertz CT molecular complexity index is 611. The van der Waals surface area contributed by atoms with Gasteiger partial charge in [-0.05, 0) is 18.2 Å². The standard InChI is InChI=1S/C11H9ClN2O3S/c1-17-10(16)6-2-3-7-8(4-6)18-11(13-7)14-9(15)5-12/h2-4H,5H2,1H3,(H,13,14,15). The minimum Gasteiger partial charge on any atom is -0.465 e. The van der Waals surface area contributed by atoms with Crippen LogP contribution in [-0.4, -0.2) is 29.9 Å². The number of halogens is 1. The molecule has 0 radical (unpaired) electrons. The number of alkyl halides is 1. The molecule has 0 atom stereocenters. The van der Waals surface area contributed by atoms with Gasteiger partial charge < -0.3 is 10.1 Å². The Morgan fingerprint density at radius 2 is 2.28 bits per heavy atom. The average molecular weight is 285 g/mol. The Morgan fingerprint density at radius 1 is 1.50 bits per heavy atom. The zero-order valence-corrected chi connectivity index (χ0v) is 11.0. The smallest absolute Gasteiger partial charge is 0.337 e. The first-order chi connectivity index (χ1) is 8.63. The molecule has 1 aromatic carbocycles. The number of aromatic nitrogens is 1. The molecule has 2 rings (SSSR count). The lowest BCUT2D eigenvalue weighted by Gasteiger charge is -1.97. The fourth-order valence-corrected chi connectivity index (χ4v) is 2.36. The number of nitrogens with one attached hydrogen (secondary N) is 1. The topological polar surface area (TPSA) is 68.3 Å². The quantitative estimate of drug-likeness (QED) is 0.693. The van der Waals surface area contributed by atoms with Gasteiger partial charge in [-0.15, -0.1) is 11.6 Å². The number of nitrogens with zero attached hydrogens (tertiary/aromatic N) is 1. The number of carbonyl (C=O) groups excluding carboxylic acids is 2. The third kappa shape index (κ3) is 2.60. The Labute approximate surface area is 112 Å².